The number of hydrogen-bond acceptors (Lipinski definition) is 5. The van der Waals surface area contributed by atoms with Crippen molar-refractivity contribution in [2.24, 2.45) is 0 Å². The van der Waals surface area contributed by atoms with Gasteiger partial charge in [0.1, 0.15) is 12.1 Å². The molecule has 0 aliphatic carbocycles. The van der Waals surface area contributed by atoms with Gasteiger partial charge in [-0.2, -0.15) is 0 Å². The molecule has 0 saturated carbocycles. The van der Waals surface area contributed by atoms with Crippen LogP contribution in [0.2, 0.25) is 5.02 Å². The summed E-state index contributed by atoms with van der Waals surface area (Å²) in [5.41, 5.74) is 2.91. The van der Waals surface area contributed by atoms with Crippen molar-refractivity contribution < 1.29 is 18.8 Å². The summed E-state index contributed by atoms with van der Waals surface area (Å²) < 4.78 is 5.76. The molecule has 1 aliphatic heterocycles. The third-order valence-electron chi connectivity index (χ3n) is 4.92. The van der Waals surface area contributed by atoms with E-state index in [1.165, 1.54) is 0 Å². The standard InChI is InChI=1S/C23H14ClN3O4/c24-14-5-3-4-13(10-14)21-26-18-11-15(8-9-19(18)31-21)25-20(28)12-27-22(29)16-6-1-2-7-17(16)23(27)30/h1-11H,12H2,(H,25,28). The molecule has 0 atom stereocenters. The zero-order chi connectivity index (χ0) is 21.5. The predicted molar refractivity (Wildman–Crippen MR) is 115 cm³/mol. The summed E-state index contributed by atoms with van der Waals surface area (Å²) in [6, 6.07) is 18.7. The molecule has 1 aromatic heterocycles. The highest BCUT2D eigenvalue weighted by atomic mass is 35.5. The molecule has 4 aromatic rings. The van der Waals surface area contributed by atoms with Crippen molar-refractivity contribution in [2.75, 3.05) is 11.9 Å². The lowest BCUT2D eigenvalue weighted by Crippen LogP contribution is -2.37. The molecule has 3 amide bonds. The Labute approximate surface area is 181 Å². The Bertz CT molecular complexity index is 1340. The number of benzene rings is 3. The molecule has 0 unspecified atom stereocenters. The number of nitrogens with one attached hydrogen (secondary N) is 1. The zero-order valence-corrected chi connectivity index (χ0v) is 16.7. The van der Waals surface area contributed by atoms with Crippen LogP contribution in [-0.2, 0) is 4.79 Å². The first-order chi connectivity index (χ1) is 15.0. The molecule has 8 heteroatoms. The first kappa shape index (κ1) is 19.0. The van der Waals surface area contributed by atoms with Gasteiger partial charge in [-0.15, -0.1) is 0 Å². The SMILES string of the molecule is O=C(CN1C(=O)c2ccccc2C1=O)Nc1ccc2oc(-c3cccc(Cl)c3)nc2c1. The van der Waals surface area contributed by atoms with Crippen molar-refractivity contribution in [3.8, 4) is 11.5 Å². The molecule has 1 aliphatic rings. The Morgan fingerprint density at radius 2 is 1.71 bits per heavy atom. The van der Waals surface area contributed by atoms with Gasteiger partial charge >= 0.3 is 0 Å². The highest BCUT2D eigenvalue weighted by Gasteiger charge is 2.36. The minimum Gasteiger partial charge on any atom is -0.436 e. The molecule has 0 spiro atoms. The van der Waals surface area contributed by atoms with Crippen molar-refractivity contribution in [2.45, 2.75) is 0 Å². The van der Waals surface area contributed by atoms with Gasteiger partial charge in [0.25, 0.3) is 11.8 Å². The summed E-state index contributed by atoms with van der Waals surface area (Å²) in [6.45, 7) is -0.378. The molecular formula is C23H14ClN3O4. The van der Waals surface area contributed by atoms with Crippen molar-refractivity contribution in [1.82, 2.24) is 9.88 Å². The lowest BCUT2D eigenvalue weighted by Gasteiger charge is -2.13. The minimum absolute atomic E-state index is 0.304. The van der Waals surface area contributed by atoms with Gasteiger partial charge in [0, 0.05) is 16.3 Å². The van der Waals surface area contributed by atoms with Crippen molar-refractivity contribution in [3.63, 3.8) is 0 Å². The number of amides is 3. The second-order valence-electron chi connectivity index (χ2n) is 7.00. The number of oxazole rings is 1. The number of hydrogen-bond donors (Lipinski definition) is 1. The number of halogens is 1. The van der Waals surface area contributed by atoms with Gasteiger partial charge in [0.05, 0.1) is 11.1 Å². The van der Waals surface area contributed by atoms with Gasteiger partial charge in [0.2, 0.25) is 11.8 Å². The molecule has 31 heavy (non-hydrogen) atoms. The van der Waals surface area contributed by atoms with E-state index in [4.69, 9.17) is 16.0 Å². The smallest absolute Gasteiger partial charge is 0.262 e. The van der Waals surface area contributed by atoms with Crippen LogP contribution in [0.4, 0.5) is 5.69 Å². The van der Waals surface area contributed by atoms with Crippen molar-refractivity contribution >= 4 is 46.1 Å². The highest BCUT2D eigenvalue weighted by Crippen LogP contribution is 2.28. The van der Waals surface area contributed by atoms with E-state index in [1.54, 1.807) is 60.7 Å². The number of carbonyl (C=O) groups is 3. The number of carbonyl (C=O) groups excluding carboxylic acids is 3. The fourth-order valence-electron chi connectivity index (χ4n) is 3.48. The normalized spacial score (nSPS) is 13.0. The quantitative estimate of drug-likeness (QED) is 0.484. The van der Waals surface area contributed by atoms with Crippen LogP contribution < -0.4 is 5.32 Å². The summed E-state index contributed by atoms with van der Waals surface area (Å²) in [5.74, 6) is -1.04. The Balaban J connectivity index is 1.33. The largest absolute Gasteiger partial charge is 0.436 e. The third-order valence-corrected chi connectivity index (χ3v) is 5.16. The van der Waals surface area contributed by atoms with Crippen LogP contribution in [0.15, 0.2) is 71.1 Å². The number of rotatable bonds is 4. The van der Waals surface area contributed by atoms with E-state index >= 15 is 0 Å². The number of imide groups is 1. The van der Waals surface area contributed by atoms with Crippen molar-refractivity contribution in [1.29, 1.82) is 0 Å². The zero-order valence-electron chi connectivity index (χ0n) is 16.0. The molecule has 5 rings (SSSR count). The van der Waals surface area contributed by atoms with Gasteiger partial charge in [0.15, 0.2) is 5.58 Å². The van der Waals surface area contributed by atoms with E-state index in [2.05, 4.69) is 10.3 Å². The molecule has 0 saturated heterocycles. The summed E-state index contributed by atoms with van der Waals surface area (Å²) in [7, 11) is 0. The fourth-order valence-corrected chi connectivity index (χ4v) is 3.67. The van der Waals surface area contributed by atoms with E-state index < -0.39 is 17.7 Å². The Kier molecular flexibility index (Phi) is 4.52. The number of nitrogens with zero attached hydrogens (tertiary/aromatic N) is 2. The minimum atomic E-state index is -0.493. The molecule has 0 radical (unpaired) electrons. The van der Waals surface area contributed by atoms with Crippen LogP contribution in [0, 0.1) is 0 Å². The van der Waals surface area contributed by atoms with E-state index in [-0.39, 0.29) is 6.54 Å². The number of aromatic nitrogens is 1. The summed E-state index contributed by atoms with van der Waals surface area (Å²) in [5, 5.41) is 3.27. The molecule has 0 bridgehead atoms. The molecule has 7 nitrogen and oxygen atoms in total. The molecule has 0 fully saturated rings. The second-order valence-corrected chi connectivity index (χ2v) is 7.44. The lowest BCUT2D eigenvalue weighted by molar-refractivity contribution is -0.116. The first-order valence-electron chi connectivity index (χ1n) is 9.41. The average Bonchev–Trinajstić information content (AvgIpc) is 3.29. The maximum Gasteiger partial charge on any atom is 0.262 e. The third kappa shape index (κ3) is 3.45. The topological polar surface area (TPSA) is 92.5 Å². The monoisotopic (exact) mass is 431 g/mol. The van der Waals surface area contributed by atoms with Crippen LogP contribution in [0.5, 0.6) is 0 Å². The molecule has 1 N–H and O–H groups in total. The molecule has 3 aromatic carbocycles. The van der Waals surface area contributed by atoms with Crippen LogP contribution in [0.1, 0.15) is 20.7 Å². The van der Waals surface area contributed by atoms with Crippen molar-refractivity contribution in [3.05, 3.63) is 82.9 Å². The number of anilines is 1. The molecular weight excluding hydrogens is 418 g/mol. The highest BCUT2D eigenvalue weighted by molar-refractivity contribution is 6.30. The van der Waals surface area contributed by atoms with Gasteiger partial charge < -0.3 is 9.73 Å². The summed E-state index contributed by atoms with van der Waals surface area (Å²) in [6.07, 6.45) is 0. The predicted octanol–water partition coefficient (Wildman–Crippen LogP) is 4.38. The average molecular weight is 432 g/mol. The Morgan fingerprint density at radius 1 is 0.968 bits per heavy atom. The lowest BCUT2D eigenvalue weighted by atomic mass is 10.1. The van der Waals surface area contributed by atoms with Crippen LogP contribution in [0.25, 0.3) is 22.6 Å². The Hall–Kier alpha value is -3.97. The summed E-state index contributed by atoms with van der Waals surface area (Å²) >= 11 is 6.03. The van der Waals surface area contributed by atoms with Crippen LogP contribution >= 0.6 is 11.6 Å². The van der Waals surface area contributed by atoms with Gasteiger partial charge in [-0.05, 0) is 48.5 Å². The van der Waals surface area contributed by atoms with Crippen LogP contribution in [0.3, 0.4) is 0 Å². The van der Waals surface area contributed by atoms with Gasteiger partial charge in [-0.3, -0.25) is 19.3 Å². The van der Waals surface area contributed by atoms with E-state index in [0.717, 1.165) is 10.5 Å². The maximum absolute atomic E-state index is 12.5. The van der Waals surface area contributed by atoms with Gasteiger partial charge in [-0.25, -0.2) is 4.98 Å². The first-order valence-corrected chi connectivity index (χ1v) is 9.79. The maximum atomic E-state index is 12.5. The fraction of sp³-hybridized carbons (Fsp3) is 0.0435. The molecule has 152 valence electrons. The van der Waals surface area contributed by atoms with Crippen LogP contribution in [-0.4, -0.2) is 34.2 Å². The number of fused-ring (bicyclic) bond motifs is 2. The summed E-state index contributed by atoms with van der Waals surface area (Å²) in [4.78, 5) is 42.7. The van der Waals surface area contributed by atoms with E-state index in [9.17, 15) is 14.4 Å². The Morgan fingerprint density at radius 3 is 2.42 bits per heavy atom. The van der Waals surface area contributed by atoms with E-state index in [0.29, 0.717) is 38.8 Å². The van der Waals surface area contributed by atoms with E-state index in [1.807, 2.05) is 6.07 Å². The van der Waals surface area contributed by atoms with Gasteiger partial charge in [-0.1, -0.05) is 29.8 Å². The second kappa shape index (κ2) is 7.37. The molecule has 2 heterocycles.